The van der Waals surface area contributed by atoms with Gasteiger partial charge in [-0.15, -0.1) is 0 Å². The molecule has 2 N–H and O–H groups in total. The van der Waals surface area contributed by atoms with E-state index in [0.29, 0.717) is 11.2 Å². The zero-order valence-electron chi connectivity index (χ0n) is 10.9. The van der Waals surface area contributed by atoms with E-state index in [1.807, 2.05) is 0 Å². The van der Waals surface area contributed by atoms with Gasteiger partial charge in [-0.1, -0.05) is 24.3 Å². The Balaban J connectivity index is 1.90. The van der Waals surface area contributed by atoms with Crippen molar-refractivity contribution in [3.8, 4) is 0 Å². The minimum absolute atomic E-state index is 0.124. The van der Waals surface area contributed by atoms with Crippen LogP contribution in [0.25, 0.3) is 11.0 Å². The van der Waals surface area contributed by atoms with E-state index in [-0.39, 0.29) is 5.56 Å². The molecule has 0 radical (unpaired) electrons. The first kappa shape index (κ1) is 13.6. The van der Waals surface area contributed by atoms with Crippen LogP contribution in [0.15, 0.2) is 48.8 Å². The van der Waals surface area contributed by atoms with Gasteiger partial charge in [0, 0.05) is 5.56 Å². The number of nitrogens with one attached hydrogen (secondary N) is 2. The van der Waals surface area contributed by atoms with Crippen LogP contribution in [0.2, 0.25) is 0 Å². The Labute approximate surface area is 120 Å². The first-order valence-electron chi connectivity index (χ1n) is 6.21. The maximum absolute atomic E-state index is 13.6. The second-order valence-corrected chi connectivity index (χ2v) is 6.28. The largest absolute Gasteiger partial charge is 0.345 e. The molecule has 0 aliphatic heterocycles. The highest BCUT2D eigenvalue weighted by atomic mass is 32.2. The van der Waals surface area contributed by atoms with Crippen LogP contribution in [0.1, 0.15) is 5.56 Å². The molecule has 0 saturated heterocycles. The van der Waals surface area contributed by atoms with E-state index in [1.165, 1.54) is 24.5 Å². The summed E-state index contributed by atoms with van der Waals surface area (Å²) in [6, 6.07) is 10.9. The standard InChI is InChI=1S/C14H12FN3O2S/c15-11-5-2-1-4-10(11)8-21(19,20)18-13-7-3-6-12-14(13)17-9-16-12/h1-7,9,18H,8H2,(H,16,17). The number of nitrogens with zero attached hydrogens (tertiary/aromatic N) is 1. The van der Waals surface area contributed by atoms with Crippen LogP contribution < -0.4 is 4.72 Å². The van der Waals surface area contributed by atoms with Crippen LogP contribution in [-0.4, -0.2) is 18.4 Å². The van der Waals surface area contributed by atoms with Crippen molar-refractivity contribution in [1.82, 2.24) is 9.97 Å². The molecule has 0 bridgehead atoms. The highest BCUT2D eigenvalue weighted by molar-refractivity contribution is 7.91. The number of aromatic nitrogens is 2. The van der Waals surface area contributed by atoms with Crippen LogP contribution in [0.4, 0.5) is 10.1 Å². The fraction of sp³-hybridized carbons (Fsp3) is 0.0714. The summed E-state index contributed by atoms with van der Waals surface area (Å²) in [5.41, 5.74) is 1.74. The molecule has 7 heteroatoms. The van der Waals surface area contributed by atoms with E-state index in [0.717, 1.165) is 5.52 Å². The molecule has 0 saturated carbocycles. The Morgan fingerprint density at radius 1 is 1.14 bits per heavy atom. The number of H-pyrrole nitrogens is 1. The average molecular weight is 305 g/mol. The first-order valence-corrected chi connectivity index (χ1v) is 7.86. The molecule has 3 aromatic rings. The number of rotatable bonds is 4. The molecule has 108 valence electrons. The molecular weight excluding hydrogens is 293 g/mol. The van der Waals surface area contributed by atoms with Crippen LogP contribution in [0.3, 0.4) is 0 Å². The third kappa shape index (κ3) is 2.87. The molecule has 2 aromatic carbocycles. The topological polar surface area (TPSA) is 74.8 Å². The van der Waals surface area contributed by atoms with Gasteiger partial charge in [0.2, 0.25) is 10.0 Å². The molecule has 0 spiro atoms. The Morgan fingerprint density at radius 2 is 1.95 bits per heavy atom. The number of imidazole rings is 1. The number of para-hydroxylation sites is 1. The second kappa shape index (κ2) is 5.17. The number of hydrogen-bond acceptors (Lipinski definition) is 3. The quantitative estimate of drug-likeness (QED) is 0.778. The minimum Gasteiger partial charge on any atom is -0.345 e. The van der Waals surface area contributed by atoms with E-state index in [4.69, 9.17) is 0 Å². The van der Waals surface area contributed by atoms with Gasteiger partial charge in [-0.05, 0) is 18.2 Å². The summed E-state index contributed by atoms with van der Waals surface area (Å²) in [6.07, 6.45) is 1.49. The summed E-state index contributed by atoms with van der Waals surface area (Å²) in [7, 11) is -3.72. The molecule has 1 heterocycles. The average Bonchev–Trinajstić information content (AvgIpc) is 2.90. The number of halogens is 1. The Hall–Kier alpha value is -2.41. The van der Waals surface area contributed by atoms with Crippen molar-refractivity contribution in [3.05, 3.63) is 60.2 Å². The van der Waals surface area contributed by atoms with Crippen molar-refractivity contribution in [1.29, 1.82) is 0 Å². The van der Waals surface area contributed by atoms with Gasteiger partial charge in [0.15, 0.2) is 0 Å². The lowest BCUT2D eigenvalue weighted by Gasteiger charge is -2.09. The highest BCUT2D eigenvalue weighted by Gasteiger charge is 2.16. The lowest BCUT2D eigenvalue weighted by Crippen LogP contribution is -2.16. The van der Waals surface area contributed by atoms with Crippen molar-refractivity contribution in [3.63, 3.8) is 0 Å². The molecule has 5 nitrogen and oxygen atoms in total. The minimum atomic E-state index is -3.72. The first-order chi connectivity index (χ1) is 10.1. The molecule has 0 fully saturated rings. The van der Waals surface area contributed by atoms with E-state index in [9.17, 15) is 12.8 Å². The lowest BCUT2D eigenvalue weighted by atomic mass is 10.2. The predicted molar refractivity (Wildman–Crippen MR) is 78.7 cm³/mol. The van der Waals surface area contributed by atoms with Crippen LogP contribution in [0, 0.1) is 5.82 Å². The van der Waals surface area contributed by atoms with Gasteiger partial charge in [0.25, 0.3) is 0 Å². The van der Waals surface area contributed by atoms with Gasteiger partial charge < -0.3 is 4.98 Å². The summed E-state index contributed by atoms with van der Waals surface area (Å²) in [5.74, 6) is -0.971. The molecule has 0 amide bonds. The van der Waals surface area contributed by atoms with Crippen molar-refractivity contribution in [2.75, 3.05) is 4.72 Å². The zero-order valence-corrected chi connectivity index (χ0v) is 11.7. The molecule has 21 heavy (non-hydrogen) atoms. The molecule has 0 aliphatic rings. The van der Waals surface area contributed by atoms with Gasteiger partial charge in [0.1, 0.15) is 11.3 Å². The Kier molecular flexibility index (Phi) is 3.34. The number of benzene rings is 2. The Bertz CT molecular complexity index is 890. The maximum Gasteiger partial charge on any atom is 0.237 e. The molecule has 1 aromatic heterocycles. The van der Waals surface area contributed by atoms with Crippen molar-refractivity contribution >= 4 is 26.7 Å². The number of sulfonamides is 1. The lowest BCUT2D eigenvalue weighted by molar-refractivity contribution is 0.591. The van der Waals surface area contributed by atoms with Gasteiger partial charge in [-0.2, -0.15) is 0 Å². The maximum atomic E-state index is 13.6. The van der Waals surface area contributed by atoms with Gasteiger partial charge in [-0.25, -0.2) is 17.8 Å². The molecule has 0 aliphatic carbocycles. The van der Waals surface area contributed by atoms with E-state index >= 15 is 0 Å². The second-order valence-electron chi connectivity index (χ2n) is 4.56. The molecule has 3 rings (SSSR count). The normalized spacial score (nSPS) is 11.7. The van der Waals surface area contributed by atoms with Gasteiger partial charge in [0.05, 0.1) is 23.3 Å². The fourth-order valence-corrected chi connectivity index (χ4v) is 3.29. The molecule has 0 atom stereocenters. The third-order valence-corrected chi connectivity index (χ3v) is 4.24. The van der Waals surface area contributed by atoms with Gasteiger partial charge in [-0.3, -0.25) is 4.72 Å². The summed E-state index contributed by atoms with van der Waals surface area (Å²) >= 11 is 0. The number of fused-ring (bicyclic) bond motifs is 1. The van der Waals surface area contributed by atoms with Crippen LogP contribution in [0.5, 0.6) is 0 Å². The van der Waals surface area contributed by atoms with E-state index in [1.54, 1.807) is 24.3 Å². The van der Waals surface area contributed by atoms with E-state index < -0.39 is 21.6 Å². The summed E-state index contributed by atoms with van der Waals surface area (Å²) in [4.78, 5) is 6.97. The SMILES string of the molecule is O=S(=O)(Cc1ccccc1F)Nc1cccc2[nH]cnc12. The molecule has 0 unspecified atom stereocenters. The summed E-state index contributed by atoms with van der Waals surface area (Å²) < 4.78 is 40.3. The zero-order chi connectivity index (χ0) is 14.9. The van der Waals surface area contributed by atoms with Gasteiger partial charge >= 0.3 is 0 Å². The smallest absolute Gasteiger partial charge is 0.237 e. The van der Waals surface area contributed by atoms with Crippen molar-refractivity contribution in [2.24, 2.45) is 0 Å². The Morgan fingerprint density at radius 3 is 2.76 bits per heavy atom. The summed E-state index contributed by atoms with van der Waals surface area (Å²) in [5, 5.41) is 0. The molecular formula is C14H12FN3O2S. The third-order valence-electron chi connectivity index (χ3n) is 3.02. The number of anilines is 1. The number of aromatic amines is 1. The summed E-state index contributed by atoms with van der Waals surface area (Å²) in [6.45, 7) is 0. The van der Waals surface area contributed by atoms with Crippen molar-refractivity contribution in [2.45, 2.75) is 5.75 Å². The van der Waals surface area contributed by atoms with Crippen molar-refractivity contribution < 1.29 is 12.8 Å². The van der Waals surface area contributed by atoms with Crippen LogP contribution in [-0.2, 0) is 15.8 Å². The predicted octanol–water partition coefficient (Wildman–Crippen LogP) is 2.64. The van der Waals surface area contributed by atoms with E-state index in [2.05, 4.69) is 14.7 Å². The fourth-order valence-electron chi connectivity index (χ4n) is 2.07. The monoisotopic (exact) mass is 305 g/mol. The van der Waals surface area contributed by atoms with Crippen LogP contribution >= 0.6 is 0 Å². The number of hydrogen-bond donors (Lipinski definition) is 2. The highest BCUT2D eigenvalue weighted by Crippen LogP contribution is 2.22.